The highest BCUT2D eigenvalue weighted by Crippen LogP contribution is 2.02. The van der Waals surface area contributed by atoms with Crippen LogP contribution in [0.25, 0.3) is 0 Å². The van der Waals surface area contributed by atoms with Crippen LogP contribution in [0.2, 0.25) is 0 Å². The van der Waals surface area contributed by atoms with Crippen molar-refractivity contribution in [2.24, 2.45) is 0 Å². The first-order valence-electron chi connectivity index (χ1n) is 3.86. The molecule has 0 spiro atoms. The van der Waals surface area contributed by atoms with Gasteiger partial charge in [0.1, 0.15) is 24.4 Å². The van der Waals surface area contributed by atoms with E-state index in [4.69, 9.17) is 38.8 Å². The van der Waals surface area contributed by atoms with Crippen LogP contribution in [0.5, 0.6) is 0 Å². The second-order valence-electron chi connectivity index (χ2n) is 2.59. The van der Waals surface area contributed by atoms with Crippen LogP contribution in [0.3, 0.4) is 0 Å². The van der Waals surface area contributed by atoms with Gasteiger partial charge < -0.3 is 30.3 Å². The summed E-state index contributed by atoms with van der Waals surface area (Å²) < 4.78 is 22.8. The zero-order chi connectivity index (χ0) is 13.3. The van der Waals surface area contributed by atoms with E-state index in [2.05, 4.69) is 0 Å². The van der Waals surface area contributed by atoms with Gasteiger partial charge in [-0.2, -0.15) is 4.21 Å². The van der Waals surface area contributed by atoms with Gasteiger partial charge >= 0.3 is 0 Å². The SMILES string of the molecule is O=C[C@H](O)[C@@H](O)[C@@H](O)[C@H](O)CO.O=S(O)O. The summed E-state index contributed by atoms with van der Waals surface area (Å²) in [5.41, 5.74) is 0. The van der Waals surface area contributed by atoms with Crippen LogP contribution in [0.1, 0.15) is 0 Å². The van der Waals surface area contributed by atoms with Crippen LogP contribution in [-0.2, 0) is 16.2 Å². The Morgan fingerprint density at radius 1 is 1.06 bits per heavy atom. The summed E-state index contributed by atoms with van der Waals surface area (Å²) in [5.74, 6) is 0. The normalized spacial score (nSPS) is 18.0. The van der Waals surface area contributed by atoms with Gasteiger partial charge in [0.05, 0.1) is 6.61 Å². The van der Waals surface area contributed by atoms with Crippen LogP contribution in [0.4, 0.5) is 0 Å². The first kappa shape index (κ1) is 17.9. The number of hydrogen-bond acceptors (Lipinski definition) is 7. The molecule has 0 bridgehead atoms. The van der Waals surface area contributed by atoms with Gasteiger partial charge in [0, 0.05) is 0 Å². The summed E-state index contributed by atoms with van der Waals surface area (Å²) in [6, 6.07) is 0. The van der Waals surface area contributed by atoms with Gasteiger partial charge in [0.2, 0.25) is 0 Å². The van der Waals surface area contributed by atoms with Gasteiger partial charge in [-0.1, -0.05) is 0 Å². The van der Waals surface area contributed by atoms with E-state index in [0.29, 0.717) is 0 Å². The minimum Gasteiger partial charge on any atom is -0.394 e. The number of aldehydes is 1. The lowest BCUT2D eigenvalue weighted by atomic mass is 10.0. The first-order chi connectivity index (χ1) is 7.27. The Balaban J connectivity index is 0. The molecule has 0 saturated carbocycles. The monoisotopic (exact) mass is 262 g/mol. The molecule has 0 rings (SSSR count). The molecule has 0 aromatic heterocycles. The van der Waals surface area contributed by atoms with Crippen molar-refractivity contribution < 1.29 is 43.6 Å². The molecule has 4 atom stereocenters. The van der Waals surface area contributed by atoms with E-state index < -0.39 is 42.4 Å². The average molecular weight is 262 g/mol. The summed E-state index contributed by atoms with van der Waals surface area (Å²) in [6.45, 7) is -0.760. The number of aliphatic hydroxyl groups excluding tert-OH is 5. The Hall–Kier alpha value is -0.460. The third kappa shape index (κ3) is 8.82. The molecule has 0 saturated heterocycles. The van der Waals surface area contributed by atoms with E-state index in [0.717, 1.165) is 0 Å². The standard InChI is InChI=1S/C6H12O6.H2O3S/c7-1-3(9)5(11)6(12)4(10)2-8;1-4(2)3/h1,3-6,8-12H,2H2;(H2,1,2,3)/t3-,4+,5+,6-;/m0./s1. The highest BCUT2D eigenvalue weighted by molar-refractivity contribution is 7.73. The quantitative estimate of drug-likeness (QED) is 0.194. The number of carbonyl (C=O) groups is 1. The predicted molar refractivity (Wildman–Crippen MR) is 50.6 cm³/mol. The van der Waals surface area contributed by atoms with Gasteiger partial charge in [-0.15, -0.1) is 0 Å². The maximum Gasteiger partial charge on any atom is 0.299 e. The molecular weight excluding hydrogens is 248 g/mol. The summed E-state index contributed by atoms with van der Waals surface area (Å²) in [4.78, 5) is 9.90. The number of aliphatic hydroxyl groups is 5. The molecule has 0 heterocycles. The van der Waals surface area contributed by atoms with E-state index in [-0.39, 0.29) is 6.29 Å². The van der Waals surface area contributed by atoms with Crippen molar-refractivity contribution in [1.29, 1.82) is 0 Å². The zero-order valence-electron chi connectivity index (χ0n) is 7.95. The van der Waals surface area contributed by atoms with E-state index in [1.807, 2.05) is 0 Å². The average Bonchev–Trinajstić information content (AvgIpc) is 2.24. The van der Waals surface area contributed by atoms with Crippen LogP contribution in [-0.4, -0.2) is 76.2 Å². The molecule has 0 aliphatic heterocycles. The van der Waals surface area contributed by atoms with Gasteiger partial charge in [-0.3, -0.25) is 9.11 Å². The fourth-order valence-electron chi connectivity index (χ4n) is 0.618. The maximum atomic E-state index is 9.90. The molecule has 9 nitrogen and oxygen atoms in total. The van der Waals surface area contributed by atoms with Gasteiger partial charge in [-0.05, 0) is 0 Å². The van der Waals surface area contributed by atoms with Crippen molar-refractivity contribution in [3.05, 3.63) is 0 Å². The lowest BCUT2D eigenvalue weighted by Crippen LogP contribution is -2.46. The molecule has 10 heteroatoms. The fraction of sp³-hybridized carbons (Fsp3) is 0.833. The van der Waals surface area contributed by atoms with Crippen molar-refractivity contribution in [3.8, 4) is 0 Å². The maximum absolute atomic E-state index is 9.90. The first-order valence-corrected chi connectivity index (χ1v) is 4.92. The minimum absolute atomic E-state index is 0.0258. The smallest absolute Gasteiger partial charge is 0.299 e. The topological polar surface area (TPSA) is 176 Å². The Labute approximate surface area is 93.1 Å². The van der Waals surface area contributed by atoms with Crippen molar-refractivity contribution in [2.45, 2.75) is 24.4 Å². The molecule has 0 aromatic rings. The van der Waals surface area contributed by atoms with Crippen LogP contribution < -0.4 is 0 Å². The van der Waals surface area contributed by atoms with Crippen LogP contribution >= 0.6 is 0 Å². The summed E-state index contributed by atoms with van der Waals surface area (Å²) in [5, 5.41) is 43.5. The molecule has 0 aromatic carbocycles. The van der Waals surface area contributed by atoms with Crippen molar-refractivity contribution in [3.63, 3.8) is 0 Å². The number of carbonyl (C=O) groups excluding carboxylic acids is 1. The molecule has 0 aliphatic carbocycles. The van der Waals surface area contributed by atoms with Crippen molar-refractivity contribution in [2.75, 3.05) is 6.61 Å². The van der Waals surface area contributed by atoms with Gasteiger partial charge in [-0.25, -0.2) is 0 Å². The lowest BCUT2D eigenvalue weighted by Gasteiger charge is -2.22. The lowest BCUT2D eigenvalue weighted by molar-refractivity contribution is -0.136. The van der Waals surface area contributed by atoms with Crippen molar-refractivity contribution >= 4 is 17.6 Å². The van der Waals surface area contributed by atoms with E-state index in [9.17, 15) is 4.79 Å². The Bertz CT molecular complexity index is 206. The van der Waals surface area contributed by atoms with E-state index in [1.54, 1.807) is 0 Å². The number of hydrogen-bond donors (Lipinski definition) is 7. The minimum atomic E-state index is -2.61. The van der Waals surface area contributed by atoms with Gasteiger partial charge in [0.15, 0.2) is 6.29 Å². The van der Waals surface area contributed by atoms with Crippen LogP contribution in [0, 0.1) is 0 Å². The van der Waals surface area contributed by atoms with Crippen LogP contribution in [0.15, 0.2) is 0 Å². The van der Waals surface area contributed by atoms with E-state index in [1.165, 1.54) is 0 Å². The second kappa shape index (κ2) is 9.74. The molecular formula is C6H14O9S. The van der Waals surface area contributed by atoms with Gasteiger partial charge in [0.25, 0.3) is 11.4 Å². The third-order valence-electron chi connectivity index (χ3n) is 1.42. The molecule has 0 amide bonds. The molecule has 0 fully saturated rings. The van der Waals surface area contributed by atoms with E-state index >= 15 is 0 Å². The molecule has 98 valence electrons. The third-order valence-corrected chi connectivity index (χ3v) is 1.42. The number of rotatable bonds is 5. The molecule has 16 heavy (non-hydrogen) atoms. The molecule has 0 unspecified atom stereocenters. The highest BCUT2D eigenvalue weighted by atomic mass is 32.2. The molecule has 0 radical (unpaired) electrons. The van der Waals surface area contributed by atoms with Crippen molar-refractivity contribution in [1.82, 2.24) is 0 Å². The Morgan fingerprint density at radius 3 is 1.69 bits per heavy atom. The second-order valence-corrected chi connectivity index (χ2v) is 3.05. The fourth-order valence-corrected chi connectivity index (χ4v) is 0.618. The summed E-state index contributed by atoms with van der Waals surface area (Å²) >= 11 is -2.61. The summed E-state index contributed by atoms with van der Waals surface area (Å²) in [7, 11) is 0. The predicted octanol–water partition coefficient (Wildman–Crippen LogP) is -3.70. The largest absolute Gasteiger partial charge is 0.394 e. The molecule has 0 aliphatic rings. The zero-order valence-corrected chi connectivity index (χ0v) is 8.77. The Morgan fingerprint density at radius 2 is 1.44 bits per heavy atom. The summed E-state index contributed by atoms with van der Waals surface area (Å²) in [6.07, 6.45) is -6.84. The highest BCUT2D eigenvalue weighted by Gasteiger charge is 2.29. The molecule has 7 N–H and O–H groups in total. The Kier molecular flexibility index (Phi) is 10.9.